The summed E-state index contributed by atoms with van der Waals surface area (Å²) in [4.78, 5) is 33.3. The van der Waals surface area contributed by atoms with Crippen molar-refractivity contribution in [1.29, 1.82) is 0 Å². The minimum Gasteiger partial charge on any atom is -0.480 e. The second kappa shape index (κ2) is 7.12. The van der Waals surface area contributed by atoms with Crippen molar-refractivity contribution < 1.29 is 19.5 Å². The molecule has 20 heavy (non-hydrogen) atoms. The van der Waals surface area contributed by atoms with Crippen LogP contribution in [0.4, 0.5) is 4.79 Å². The standard InChI is InChI=1S/C13H23N3O4/c1-2-13(6-3-7-13)8-15-12(20)16-9(11(18)19)4-5-10(14)17/h9H,2-8H2,1H3,(H2,14,17)(H,18,19)(H2,15,16,20)/t9-/m1/s1. The SMILES string of the molecule is CCC1(CNC(=O)N[C@H](CCC(N)=O)C(=O)O)CCC1. The zero-order valence-corrected chi connectivity index (χ0v) is 11.8. The molecule has 5 N–H and O–H groups in total. The number of aliphatic carboxylic acids is 1. The van der Waals surface area contributed by atoms with Crippen LogP contribution in [0.15, 0.2) is 0 Å². The number of carboxylic acids is 1. The van der Waals surface area contributed by atoms with E-state index in [1.807, 2.05) is 0 Å². The molecule has 0 aromatic carbocycles. The molecule has 1 saturated carbocycles. The molecule has 0 aromatic rings. The molecular formula is C13H23N3O4. The normalized spacial score (nSPS) is 17.6. The molecule has 1 rings (SSSR count). The van der Waals surface area contributed by atoms with Gasteiger partial charge < -0.3 is 21.5 Å². The van der Waals surface area contributed by atoms with Crippen molar-refractivity contribution in [1.82, 2.24) is 10.6 Å². The molecule has 7 nitrogen and oxygen atoms in total. The fourth-order valence-electron chi connectivity index (χ4n) is 2.35. The maximum absolute atomic E-state index is 11.7. The lowest BCUT2D eigenvalue weighted by Gasteiger charge is -2.41. The van der Waals surface area contributed by atoms with Crippen molar-refractivity contribution >= 4 is 17.9 Å². The lowest BCUT2D eigenvalue weighted by Crippen LogP contribution is -2.50. The van der Waals surface area contributed by atoms with E-state index in [2.05, 4.69) is 17.6 Å². The number of nitrogens with one attached hydrogen (secondary N) is 2. The lowest BCUT2D eigenvalue weighted by molar-refractivity contribution is -0.139. The summed E-state index contributed by atoms with van der Waals surface area (Å²) in [7, 11) is 0. The van der Waals surface area contributed by atoms with E-state index >= 15 is 0 Å². The number of hydrogen-bond donors (Lipinski definition) is 4. The molecule has 0 unspecified atom stereocenters. The monoisotopic (exact) mass is 285 g/mol. The van der Waals surface area contributed by atoms with Crippen LogP contribution < -0.4 is 16.4 Å². The van der Waals surface area contributed by atoms with Gasteiger partial charge in [0.05, 0.1) is 0 Å². The zero-order valence-electron chi connectivity index (χ0n) is 11.8. The van der Waals surface area contributed by atoms with Crippen LogP contribution in [-0.2, 0) is 9.59 Å². The van der Waals surface area contributed by atoms with Gasteiger partial charge in [-0.1, -0.05) is 13.3 Å². The van der Waals surface area contributed by atoms with Gasteiger partial charge in [0.2, 0.25) is 5.91 Å². The Morgan fingerprint density at radius 2 is 2.00 bits per heavy atom. The fraction of sp³-hybridized carbons (Fsp3) is 0.769. The van der Waals surface area contributed by atoms with Crippen LogP contribution >= 0.6 is 0 Å². The molecule has 1 fully saturated rings. The van der Waals surface area contributed by atoms with E-state index in [1.165, 1.54) is 6.42 Å². The summed E-state index contributed by atoms with van der Waals surface area (Å²) >= 11 is 0. The smallest absolute Gasteiger partial charge is 0.326 e. The Labute approximate surface area is 118 Å². The van der Waals surface area contributed by atoms with Gasteiger partial charge in [0, 0.05) is 13.0 Å². The molecule has 1 atom stereocenters. The highest BCUT2D eigenvalue weighted by Crippen LogP contribution is 2.42. The highest BCUT2D eigenvalue weighted by molar-refractivity contribution is 5.83. The first-order valence-corrected chi connectivity index (χ1v) is 6.94. The van der Waals surface area contributed by atoms with Gasteiger partial charge >= 0.3 is 12.0 Å². The van der Waals surface area contributed by atoms with E-state index < -0.39 is 23.9 Å². The molecule has 0 aromatic heterocycles. The summed E-state index contributed by atoms with van der Waals surface area (Å²) in [6, 6.07) is -1.61. The topological polar surface area (TPSA) is 122 Å². The van der Waals surface area contributed by atoms with E-state index in [-0.39, 0.29) is 18.3 Å². The number of carboxylic acid groups (broad SMARTS) is 1. The van der Waals surface area contributed by atoms with Crippen LogP contribution in [-0.4, -0.2) is 35.6 Å². The number of carbonyl (C=O) groups excluding carboxylic acids is 2. The van der Waals surface area contributed by atoms with E-state index in [9.17, 15) is 14.4 Å². The average molecular weight is 285 g/mol. The third kappa shape index (κ3) is 4.71. The third-order valence-corrected chi connectivity index (χ3v) is 4.07. The molecule has 0 saturated heterocycles. The summed E-state index contributed by atoms with van der Waals surface area (Å²) in [6.45, 7) is 2.64. The first-order chi connectivity index (χ1) is 9.38. The summed E-state index contributed by atoms with van der Waals surface area (Å²) < 4.78 is 0. The predicted molar refractivity (Wildman–Crippen MR) is 73.0 cm³/mol. The quantitative estimate of drug-likeness (QED) is 0.521. The van der Waals surface area contributed by atoms with Gasteiger partial charge in [-0.05, 0) is 31.1 Å². The molecule has 0 bridgehead atoms. The maximum Gasteiger partial charge on any atom is 0.326 e. The van der Waals surface area contributed by atoms with Gasteiger partial charge in [0.1, 0.15) is 6.04 Å². The van der Waals surface area contributed by atoms with Crippen molar-refractivity contribution in [2.24, 2.45) is 11.1 Å². The Hall–Kier alpha value is -1.79. The maximum atomic E-state index is 11.7. The van der Waals surface area contributed by atoms with Gasteiger partial charge in [-0.3, -0.25) is 4.79 Å². The van der Waals surface area contributed by atoms with E-state index in [0.717, 1.165) is 19.3 Å². The van der Waals surface area contributed by atoms with E-state index in [4.69, 9.17) is 10.8 Å². The highest BCUT2D eigenvalue weighted by Gasteiger charge is 2.35. The minimum absolute atomic E-state index is 0.00297. The first-order valence-electron chi connectivity index (χ1n) is 6.94. The second-order valence-electron chi connectivity index (χ2n) is 5.43. The van der Waals surface area contributed by atoms with Gasteiger partial charge in [0.15, 0.2) is 0 Å². The van der Waals surface area contributed by atoms with Crippen LogP contribution in [0.25, 0.3) is 0 Å². The Balaban J connectivity index is 2.37. The largest absolute Gasteiger partial charge is 0.480 e. The summed E-state index contributed by atoms with van der Waals surface area (Å²) in [6.07, 6.45) is 4.28. The molecule has 1 aliphatic carbocycles. The molecular weight excluding hydrogens is 262 g/mol. The second-order valence-corrected chi connectivity index (χ2v) is 5.43. The summed E-state index contributed by atoms with van der Waals surface area (Å²) in [5.74, 6) is -1.76. The molecule has 0 aliphatic heterocycles. The predicted octanol–water partition coefficient (Wildman–Crippen LogP) is 0.585. The molecule has 0 heterocycles. The minimum atomic E-state index is -1.17. The molecule has 1 aliphatic rings. The Bertz CT molecular complexity index is 374. The summed E-state index contributed by atoms with van der Waals surface area (Å²) in [5.41, 5.74) is 5.14. The van der Waals surface area contributed by atoms with Gasteiger partial charge in [-0.2, -0.15) is 0 Å². The zero-order chi connectivity index (χ0) is 15.2. The third-order valence-electron chi connectivity index (χ3n) is 4.07. The van der Waals surface area contributed by atoms with Crippen molar-refractivity contribution in [2.45, 2.75) is 51.5 Å². The molecule has 7 heteroatoms. The van der Waals surface area contributed by atoms with Gasteiger partial charge in [-0.15, -0.1) is 0 Å². The first kappa shape index (κ1) is 16.3. The number of hydrogen-bond acceptors (Lipinski definition) is 3. The lowest BCUT2D eigenvalue weighted by atomic mass is 9.67. The van der Waals surface area contributed by atoms with Crippen LogP contribution in [0.1, 0.15) is 45.4 Å². The number of rotatable bonds is 8. The molecule has 114 valence electrons. The highest BCUT2D eigenvalue weighted by atomic mass is 16.4. The Morgan fingerprint density at radius 3 is 2.40 bits per heavy atom. The van der Waals surface area contributed by atoms with Crippen molar-refractivity contribution in [2.75, 3.05) is 6.54 Å². The Morgan fingerprint density at radius 1 is 1.35 bits per heavy atom. The van der Waals surface area contributed by atoms with Crippen LogP contribution in [0.3, 0.4) is 0 Å². The number of carbonyl (C=O) groups is 3. The van der Waals surface area contributed by atoms with Crippen molar-refractivity contribution in [3.05, 3.63) is 0 Å². The molecule has 3 amide bonds. The van der Waals surface area contributed by atoms with E-state index in [1.54, 1.807) is 0 Å². The molecule has 0 radical (unpaired) electrons. The number of nitrogens with two attached hydrogens (primary N) is 1. The Kier molecular flexibility index (Phi) is 5.79. The number of amides is 3. The van der Waals surface area contributed by atoms with Crippen molar-refractivity contribution in [3.8, 4) is 0 Å². The fourth-order valence-corrected chi connectivity index (χ4v) is 2.35. The van der Waals surface area contributed by atoms with Gasteiger partial charge in [-0.25, -0.2) is 9.59 Å². The van der Waals surface area contributed by atoms with E-state index in [0.29, 0.717) is 6.54 Å². The van der Waals surface area contributed by atoms with Crippen LogP contribution in [0.5, 0.6) is 0 Å². The van der Waals surface area contributed by atoms with Gasteiger partial charge in [0.25, 0.3) is 0 Å². The number of urea groups is 1. The average Bonchev–Trinajstić information content (AvgIpc) is 2.33. The van der Waals surface area contributed by atoms with Crippen LogP contribution in [0, 0.1) is 5.41 Å². The van der Waals surface area contributed by atoms with Crippen LogP contribution in [0.2, 0.25) is 0 Å². The molecule has 0 spiro atoms. The van der Waals surface area contributed by atoms with Crippen molar-refractivity contribution in [3.63, 3.8) is 0 Å². The number of primary amides is 1. The summed E-state index contributed by atoms with van der Waals surface area (Å²) in [5, 5.41) is 14.1.